The topological polar surface area (TPSA) is 56.1 Å². The number of urea groups is 1. The van der Waals surface area contributed by atoms with Crippen LogP contribution in [0.15, 0.2) is 53.7 Å². The molecule has 3 heterocycles. The first-order chi connectivity index (χ1) is 15.6. The summed E-state index contributed by atoms with van der Waals surface area (Å²) in [5.74, 6) is -1.06. The summed E-state index contributed by atoms with van der Waals surface area (Å²) in [5, 5.41) is 0. The predicted molar refractivity (Wildman–Crippen MR) is 113 cm³/mol. The molecule has 2 amide bonds. The van der Waals surface area contributed by atoms with Crippen LogP contribution in [0.2, 0.25) is 0 Å². The Labute approximate surface area is 189 Å². The van der Waals surface area contributed by atoms with Gasteiger partial charge in [-0.3, -0.25) is 9.47 Å². The van der Waals surface area contributed by atoms with Crippen LogP contribution in [0, 0.1) is 6.92 Å². The molecule has 0 spiro atoms. The Hall–Kier alpha value is -3.34. The Morgan fingerprint density at radius 1 is 1.09 bits per heavy atom. The number of carbonyl (C=O) groups excluding carboxylic acids is 1. The number of fused-ring (bicyclic) bond motifs is 2. The van der Waals surface area contributed by atoms with Gasteiger partial charge >= 0.3 is 18.2 Å². The van der Waals surface area contributed by atoms with Crippen molar-refractivity contribution in [2.24, 2.45) is 4.99 Å². The number of nitrogens with zero attached hydrogens (tertiary/aromatic N) is 3. The molecule has 0 fully saturated rings. The van der Waals surface area contributed by atoms with Crippen molar-refractivity contribution in [3.8, 4) is 17.2 Å². The average Bonchev–Trinajstić information content (AvgIpc) is 3.26. The number of ether oxygens (including phenoxy) is 2. The second-order valence-corrected chi connectivity index (χ2v) is 9.02. The standard InChI is InChI=1S/C22H17F4N3O3S/c1-12-9-14-5-3-4-6-16(14)29(12)19(30)27-20-28(11-13(2)33-20)15-7-8-17-18(10-15)32-22(25,26)21(23,24)31-17/h3-8,10-12H,9H2,1-2H3. The highest BCUT2D eigenvalue weighted by Crippen LogP contribution is 2.47. The highest BCUT2D eigenvalue weighted by atomic mass is 32.1. The number of carbonyl (C=O) groups is 1. The van der Waals surface area contributed by atoms with E-state index >= 15 is 0 Å². The molecule has 11 heteroatoms. The molecule has 0 aliphatic carbocycles. The first-order valence-corrected chi connectivity index (χ1v) is 10.8. The van der Waals surface area contributed by atoms with Gasteiger partial charge in [-0.15, -0.1) is 11.3 Å². The Bertz CT molecular complexity index is 1330. The van der Waals surface area contributed by atoms with Gasteiger partial charge in [-0.2, -0.15) is 22.6 Å². The van der Waals surface area contributed by atoms with Crippen molar-refractivity contribution in [3.63, 3.8) is 0 Å². The smallest absolute Gasteiger partial charge is 0.421 e. The highest BCUT2D eigenvalue weighted by Gasteiger charge is 2.65. The maximum Gasteiger partial charge on any atom is 0.507 e. The molecule has 5 rings (SSSR count). The number of halogens is 4. The van der Waals surface area contributed by atoms with Crippen LogP contribution in [0.1, 0.15) is 17.4 Å². The van der Waals surface area contributed by atoms with Gasteiger partial charge in [-0.25, -0.2) is 4.79 Å². The van der Waals surface area contributed by atoms with Gasteiger partial charge in [-0.05, 0) is 44.0 Å². The molecule has 0 N–H and O–H groups in total. The van der Waals surface area contributed by atoms with Crippen molar-refractivity contribution in [1.29, 1.82) is 0 Å². The van der Waals surface area contributed by atoms with Gasteiger partial charge in [0.05, 0.1) is 5.69 Å². The molecule has 6 nitrogen and oxygen atoms in total. The van der Waals surface area contributed by atoms with Crippen molar-refractivity contribution in [2.75, 3.05) is 4.90 Å². The van der Waals surface area contributed by atoms with Crippen LogP contribution in [0.25, 0.3) is 5.69 Å². The maximum atomic E-state index is 13.6. The number of anilines is 1. The lowest BCUT2D eigenvalue weighted by Crippen LogP contribution is -2.52. The Morgan fingerprint density at radius 3 is 2.55 bits per heavy atom. The molecule has 3 aromatic rings. The minimum absolute atomic E-state index is 0.0775. The first kappa shape index (κ1) is 21.5. The fourth-order valence-corrected chi connectivity index (χ4v) is 4.74. The van der Waals surface area contributed by atoms with Crippen LogP contribution in [-0.4, -0.2) is 28.9 Å². The Balaban J connectivity index is 1.53. The van der Waals surface area contributed by atoms with E-state index in [9.17, 15) is 22.4 Å². The van der Waals surface area contributed by atoms with Gasteiger partial charge in [0, 0.05) is 28.9 Å². The fraction of sp³-hybridized carbons (Fsp3) is 0.273. The molecule has 172 valence electrons. The summed E-state index contributed by atoms with van der Waals surface area (Å²) in [4.78, 5) is 20.1. The highest BCUT2D eigenvalue weighted by molar-refractivity contribution is 7.09. The zero-order chi connectivity index (χ0) is 23.5. The van der Waals surface area contributed by atoms with E-state index in [1.54, 1.807) is 18.0 Å². The summed E-state index contributed by atoms with van der Waals surface area (Å²) in [7, 11) is 0. The summed E-state index contributed by atoms with van der Waals surface area (Å²) < 4.78 is 64.0. The zero-order valence-corrected chi connectivity index (χ0v) is 18.2. The van der Waals surface area contributed by atoms with Crippen molar-refractivity contribution in [1.82, 2.24) is 4.57 Å². The third kappa shape index (κ3) is 3.56. The van der Waals surface area contributed by atoms with Gasteiger partial charge in [0.25, 0.3) is 0 Å². The van der Waals surface area contributed by atoms with Crippen LogP contribution >= 0.6 is 11.3 Å². The number of para-hydroxylation sites is 1. The third-order valence-corrected chi connectivity index (χ3v) is 6.29. The monoisotopic (exact) mass is 479 g/mol. The van der Waals surface area contributed by atoms with Crippen LogP contribution in [0.5, 0.6) is 11.5 Å². The number of aryl methyl sites for hydroxylation is 1. The number of alkyl halides is 4. The normalized spacial score (nSPS) is 20.6. The van der Waals surface area contributed by atoms with Gasteiger partial charge in [0.1, 0.15) is 0 Å². The van der Waals surface area contributed by atoms with Crippen molar-refractivity contribution in [3.05, 3.63) is 63.9 Å². The van der Waals surface area contributed by atoms with E-state index in [4.69, 9.17) is 0 Å². The van der Waals surface area contributed by atoms with E-state index < -0.39 is 29.7 Å². The minimum Gasteiger partial charge on any atom is -0.421 e. The van der Waals surface area contributed by atoms with Gasteiger partial charge in [0.2, 0.25) is 0 Å². The molecular formula is C22H17F4N3O3S. The van der Waals surface area contributed by atoms with E-state index in [0.717, 1.165) is 28.3 Å². The Morgan fingerprint density at radius 2 is 1.79 bits per heavy atom. The molecule has 0 bridgehead atoms. The molecule has 0 saturated heterocycles. The largest absolute Gasteiger partial charge is 0.507 e. The third-order valence-electron chi connectivity index (χ3n) is 5.39. The SMILES string of the molecule is Cc1cn(-c2ccc3c(c2)OC(F)(F)C(F)(F)O3)c(=NC(=O)N2c3ccccc3CC2C)s1. The number of aromatic nitrogens is 1. The molecule has 2 aliphatic rings. The molecule has 2 aliphatic heterocycles. The molecule has 1 atom stereocenters. The number of benzene rings is 2. The van der Waals surface area contributed by atoms with Gasteiger partial charge in [-0.1, -0.05) is 18.2 Å². The summed E-state index contributed by atoms with van der Waals surface area (Å²) in [6.45, 7) is 3.73. The van der Waals surface area contributed by atoms with Crippen molar-refractivity contribution < 1.29 is 31.8 Å². The van der Waals surface area contributed by atoms with E-state index in [-0.39, 0.29) is 6.04 Å². The molecule has 2 aromatic carbocycles. The summed E-state index contributed by atoms with van der Waals surface area (Å²) in [6.07, 6.45) is -7.24. The van der Waals surface area contributed by atoms with Crippen LogP contribution in [0.4, 0.5) is 28.0 Å². The predicted octanol–water partition coefficient (Wildman–Crippen LogP) is 5.28. The summed E-state index contributed by atoms with van der Waals surface area (Å²) in [5.41, 5.74) is 2.14. The average molecular weight is 479 g/mol. The van der Waals surface area contributed by atoms with Crippen molar-refractivity contribution >= 4 is 23.1 Å². The van der Waals surface area contributed by atoms with E-state index in [1.165, 1.54) is 22.0 Å². The van der Waals surface area contributed by atoms with Crippen molar-refractivity contribution in [2.45, 2.75) is 38.5 Å². The lowest BCUT2D eigenvalue weighted by Gasteiger charge is -2.31. The summed E-state index contributed by atoms with van der Waals surface area (Å²) in [6, 6.07) is 10.7. The second-order valence-electron chi connectivity index (χ2n) is 7.81. The number of rotatable bonds is 1. The number of thiazole rings is 1. The first-order valence-electron chi connectivity index (χ1n) is 9.99. The lowest BCUT2D eigenvalue weighted by atomic mass is 10.1. The van der Waals surface area contributed by atoms with Crippen LogP contribution < -0.4 is 19.2 Å². The maximum absolute atomic E-state index is 13.6. The molecular weight excluding hydrogens is 462 g/mol. The second kappa shape index (κ2) is 7.34. The lowest BCUT2D eigenvalue weighted by molar-refractivity contribution is -0.391. The minimum atomic E-state index is -4.82. The number of hydrogen-bond acceptors (Lipinski definition) is 4. The molecule has 1 unspecified atom stereocenters. The zero-order valence-electron chi connectivity index (χ0n) is 17.4. The number of amides is 2. The quantitative estimate of drug-likeness (QED) is 0.447. The molecule has 33 heavy (non-hydrogen) atoms. The molecule has 1 aromatic heterocycles. The van der Waals surface area contributed by atoms with E-state index in [0.29, 0.717) is 16.9 Å². The van der Waals surface area contributed by atoms with Gasteiger partial charge < -0.3 is 9.47 Å². The molecule has 0 saturated carbocycles. The molecule has 0 radical (unpaired) electrons. The van der Waals surface area contributed by atoms with Gasteiger partial charge in [0.15, 0.2) is 16.3 Å². The van der Waals surface area contributed by atoms with E-state index in [2.05, 4.69) is 14.5 Å². The Kier molecular flexibility index (Phi) is 4.78. The fourth-order valence-electron chi connectivity index (χ4n) is 3.92. The van der Waals surface area contributed by atoms with E-state index in [1.807, 2.05) is 31.2 Å². The van der Waals surface area contributed by atoms with Crippen LogP contribution in [0.3, 0.4) is 0 Å². The summed E-state index contributed by atoms with van der Waals surface area (Å²) >= 11 is 1.22. The van der Waals surface area contributed by atoms with Crippen LogP contribution in [-0.2, 0) is 6.42 Å². The number of hydrogen-bond donors (Lipinski definition) is 0.